The number of para-hydroxylation sites is 2. The third-order valence-electron chi connectivity index (χ3n) is 7.40. The molecule has 6 rings (SSSR count). The van der Waals surface area contributed by atoms with Gasteiger partial charge in [0.25, 0.3) is 0 Å². The number of benzene rings is 4. The molecule has 0 aliphatic carbocycles. The van der Waals surface area contributed by atoms with E-state index in [1.807, 2.05) is 66.3 Å². The van der Waals surface area contributed by atoms with Crippen molar-refractivity contribution in [1.82, 2.24) is 14.5 Å². The van der Waals surface area contributed by atoms with Crippen LogP contribution < -0.4 is 0 Å². The average Bonchev–Trinajstić information content (AvgIpc) is 3.30. The fourth-order valence-electron chi connectivity index (χ4n) is 5.06. The summed E-state index contributed by atoms with van der Waals surface area (Å²) >= 11 is 0. The number of aryl methyl sites for hydroxylation is 1. The van der Waals surface area contributed by atoms with Crippen molar-refractivity contribution in [3.63, 3.8) is 0 Å². The van der Waals surface area contributed by atoms with Gasteiger partial charge in [0.15, 0.2) is 0 Å². The largest absolute Gasteiger partial charge is 0.507 e. The maximum Gasteiger partial charge on any atom is 0.143 e. The summed E-state index contributed by atoms with van der Waals surface area (Å²) in [5.41, 5.74) is 8.60. The molecule has 0 aliphatic rings. The maximum atomic E-state index is 10.4. The summed E-state index contributed by atoms with van der Waals surface area (Å²) in [7, 11) is 1.98. The fraction of sp³-hybridized carbons (Fsp3) is 0.118. The zero-order valence-electron chi connectivity index (χ0n) is 22.0. The maximum absolute atomic E-state index is 10.4. The molecule has 5 heteroatoms. The van der Waals surface area contributed by atoms with E-state index in [0.717, 1.165) is 39.2 Å². The number of rotatable bonds is 5. The molecule has 0 amide bonds. The predicted molar refractivity (Wildman–Crippen MR) is 154 cm³/mol. The van der Waals surface area contributed by atoms with E-state index in [9.17, 15) is 5.11 Å². The van der Waals surface area contributed by atoms with Crippen LogP contribution in [-0.4, -0.2) is 19.6 Å². The Morgan fingerprint density at radius 2 is 1.41 bits per heavy atom. The Morgan fingerprint density at radius 1 is 0.718 bits per heavy atom. The number of imidazole rings is 1. The number of phenols is 1. The Morgan fingerprint density at radius 3 is 2.15 bits per heavy atom. The summed E-state index contributed by atoms with van der Waals surface area (Å²) in [6, 6.07) is 37.9. The fourth-order valence-corrected chi connectivity index (χ4v) is 5.06. The minimum absolute atomic E-state index is 0. The monoisotopic (exact) mass is 689 g/mol. The molecule has 2 heterocycles. The molecule has 0 atom stereocenters. The summed E-state index contributed by atoms with van der Waals surface area (Å²) in [4.78, 5) is 9.78. The van der Waals surface area contributed by atoms with Gasteiger partial charge in [0, 0.05) is 45.4 Å². The molecule has 6 aromatic rings. The van der Waals surface area contributed by atoms with Crippen molar-refractivity contribution in [1.29, 1.82) is 0 Å². The Hall–Kier alpha value is -4.01. The van der Waals surface area contributed by atoms with Gasteiger partial charge < -0.3 is 9.67 Å². The molecule has 4 aromatic carbocycles. The van der Waals surface area contributed by atoms with Crippen LogP contribution in [0.1, 0.15) is 25.0 Å². The standard InChI is InChI=1S/C34H28N3O.Pt/c1-34(2,25-13-5-4-6-14-25)26-19-20-29(35-22-26)24-12-9-11-23(21-24)27-16-10-17-30-32(27)36-33(37(30)3)28-15-7-8-18-31(28)38;/h4-20,22,38H,1-3H3;/q-1;. The summed E-state index contributed by atoms with van der Waals surface area (Å²) in [5.74, 6) is 0.936. The molecule has 0 spiro atoms. The van der Waals surface area contributed by atoms with Crippen molar-refractivity contribution in [2.24, 2.45) is 7.05 Å². The number of aromatic hydroxyl groups is 1. The van der Waals surface area contributed by atoms with Crippen molar-refractivity contribution >= 4 is 11.0 Å². The smallest absolute Gasteiger partial charge is 0.143 e. The van der Waals surface area contributed by atoms with E-state index >= 15 is 0 Å². The van der Waals surface area contributed by atoms with Crippen LogP contribution in [0.25, 0.3) is 44.8 Å². The van der Waals surface area contributed by atoms with Gasteiger partial charge in [0.1, 0.15) is 11.6 Å². The summed E-state index contributed by atoms with van der Waals surface area (Å²) in [6.45, 7) is 4.45. The van der Waals surface area contributed by atoms with Crippen molar-refractivity contribution in [2.75, 3.05) is 0 Å². The van der Waals surface area contributed by atoms with Gasteiger partial charge in [0.2, 0.25) is 0 Å². The first kappa shape index (κ1) is 26.6. The van der Waals surface area contributed by atoms with Gasteiger partial charge in [-0.3, -0.25) is 4.98 Å². The number of hydrogen-bond donors (Lipinski definition) is 1. The molecule has 0 fully saturated rings. The Labute approximate surface area is 243 Å². The summed E-state index contributed by atoms with van der Waals surface area (Å²) < 4.78 is 2.02. The average molecular weight is 690 g/mol. The first-order valence-corrected chi connectivity index (χ1v) is 12.7. The molecule has 2 aromatic heterocycles. The number of fused-ring (bicyclic) bond motifs is 1. The molecule has 0 saturated carbocycles. The van der Waals surface area contributed by atoms with E-state index < -0.39 is 0 Å². The number of nitrogens with zero attached hydrogens (tertiary/aromatic N) is 3. The van der Waals surface area contributed by atoms with Crippen LogP contribution in [0.3, 0.4) is 0 Å². The van der Waals surface area contributed by atoms with Crippen LogP contribution in [0.2, 0.25) is 0 Å². The van der Waals surface area contributed by atoms with Gasteiger partial charge in [-0.1, -0.05) is 91.7 Å². The van der Waals surface area contributed by atoms with Gasteiger partial charge >= 0.3 is 0 Å². The minimum Gasteiger partial charge on any atom is -0.507 e. The molecule has 196 valence electrons. The second-order valence-electron chi connectivity index (χ2n) is 10.1. The van der Waals surface area contributed by atoms with Crippen molar-refractivity contribution < 1.29 is 26.2 Å². The molecule has 0 bridgehead atoms. The first-order valence-electron chi connectivity index (χ1n) is 12.7. The number of phenolic OH excluding ortho intramolecular Hbond substituents is 1. The molecular formula is C34H28N3OPt-. The van der Waals surface area contributed by atoms with Crippen LogP contribution in [-0.2, 0) is 33.5 Å². The normalized spacial score (nSPS) is 11.4. The van der Waals surface area contributed by atoms with Gasteiger partial charge in [-0.15, -0.1) is 29.8 Å². The summed E-state index contributed by atoms with van der Waals surface area (Å²) in [5, 5.41) is 10.4. The van der Waals surface area contributed by atoms with E-state index in [2.05, 4.69) is 68.4 Å². The number of aromatic nitrogens is 3. The third-order valence-corrected chi connectivity index (χ3v) is 7.40. The van der Waals surface area contributed by atoms with Crippen LogP contribution in [0, 0.1) is 6.07 Å². The van der Waals surface area contributed by atoms with Gasteiger partial charge in [0.05, 0.1) is 16.6 Å². The topological polar surface area (TPSA) is 50.9 Å². The van der Waals surface area contributed by atoms with Crippen LogP contribution >= 0.6 is 0 Å². The Kier molecular flexibility index (Phi) is 7.25. The van der Waals surface area contributed by atoms with Gasteiger partial charge in [-0.2, -0.15) is 0 Å². The molecule has 0 radical (unpaired) electrons. The van der Waals surface area contributed by atoms with Gasteiger partial charge in [-0.05, 0) is 29.3 Å². The molecule has 4 nitrogen and oxygen atoms in total. The van der Waals surface area contributed by atoms with E-state index in [-0.39, 0.29) is 32.2 Å². The second-order valence-corrected chi connectivity index (χ2v) is 10.1. The number of pyridine rings is 1. The Balaban J connectivity index is 0.00000308. The first-order chi connectivity index (χ1) is 18.4. The van der Waals surface area contributed by atoms with E-state index in [0.29, 0.717) is 5.56 Å². The molecular weight excluding hydrogens is 661 g/mol. The third kappa shape index (κ3) is 4.81. The van der Waals surface area contributed by atoms with Crippen molar-refractivity contribution in [3.05, 3.63) is 127 Å². The zero-order chi connectivity index (χ0) is 26.3. The van der Waals surface area contributed by atoms with Crippen LogP contribution in [0.4, 0.5) is 0 Å². The molecule has 0 aliphatic heterocycles. The van der Waals surface area contributed by atoms with E-state index in [1.165, 1.54) is 11.1 Å². The predicted octanol–water partition coefficient (Wildman–Crippen LogP) is 7.80. The molecule has 1 N–H and O–H groups in total. The van der Waals surface area contributed by atoms with Gasteiger partial charge in [-0.25, -0.2) is 4.98 Å². The number of hydrogen-bond acceptors (Lipinski definition) is 3. The quantitative estimate of drug-likeness (QED) is 0.188. The minimum atomic E-state index is -0.141. The zero-order valence-corrected chi connectivity index (χ0v) is 24.3. The van der Waals surface area contributed by atoms with E-state index in [4.69, 9.17) is 9.97 Å². The van der Waals surface area contributed by atoms with Crippen LogP contribution in [0.15, 0.2) is 109 Å². The Bertz CT molecular complexity index is 1760. The second kappa shape index (κ2) is 10.6. The molecule has 0 saturated heterocycles. The molecule has 39 heavy (non-hydrogen) atoms. The van der Waals surface area contributed by atoms with Crippen molar-refractivity contribution in [3.8, 4) is 39.5 Å². The SMILES string of the molecule is Cn1c(-c2ccccc2O)nc2c(-c3[c-]c(-c4ccc(C(C)(C)c5ccccc5)cn4)ccc3)cccc21.[Pt]. The van der Waals surface area contributed by atoms with Crippen LogP contribution in [0.5, 0.6) is 5.75 Å². The van der Waals surface area contributed by atoms with E-state index in [1.54, 1.807) is 6.07 Å². The summed E-state index contributed by atoms with van der Waals surface area (Å²) in [6.07, 6.45) is 1.97. The van der Waals surface area contributed by atoms with Crippen molar-refractivity contribution in [2.45, 2.75) is 19.3 Å². The molecule has 0 unspecified atom stereocenters.